The number of hydrogen-bond donors (Lipinski definition) is 1. The van der Waals surface area contributed by atoms with Crippen molar-refractivity contribution in [1.29, 1.82) is 0 Å². The van der Waals surface area contributed by atoms with E-state index in [1.165, 1.54) is 29.5 Å². The Balaban J connectivity index is 1.38. The Labute approximate surface area is 177 Å². The molecule has 156 valence electrons. The minimum absolute atomic E-state index is 0.0767. The number of alkyl halides is 2. The summed E-state index contributed by atoms with van der Waals surface area (Å²) in [4.78, 5) is 14.9. The summed E-state index contributed by atoms with van der Waals surface area (Å²) in [5.74, 6) is -0.0715. The predicted molar refractivity (Wildman–Crippen MR) is 111 cm³/mol. The van der Waals surface area contributed by atoms with Gasteiger partial charge in [0.05, 0.1) is 10.2 Å². The van der Waals surface area contributed by atoms with Crippen molar-refractivity contribution < 1.29 is 13.6 Å². The number of benzene rings is 1. The van der Waals surface area contributed by atoms with Crippen LogP contribution in [0.4, 0.5) is 14.5 Å². The molecule has 0 unspecified atom stereocenters. The zero-order chi connectivity index (χ0) is 20.4. The van der Waals surface area contributed by atoms with Crippen LogP contribution >= 0.6 is 15.9 Å². The number of likely N-dealkylation sites (tertiary alicyclic amines) is 1. The predicted octanol–water partition coefficient (Wildman–Crippen LogP) is 5.09. The van der Waals surface area contributed by atoms with E-state index in [1.54, 1.807) is 0 Å². The number of carbonyl (C=O) groups is 1. The van der Waals surface area contributed by atoms with E-state index in [0.717, 1.165) is 32.5 Å². The summed E-state index contributed by atoms with van der Waals surface area (Å²) in [5, 5.41) is 6.83. The Hall–Kier alpha value is -1.80. The third-order valence-electron chi connectivity index (χ3n) is 5.51. The van der Waals surface area contributed by atoms with Crippen LogP contribution in [0.2, 0.25) is 0 Å². The van der Waals surface area contributed by atoms with Crippen molar-refractivity contribution in [1.82, 2.24) is 14.7 Å². The van der Waals surface area contributed by atoms with E-state index in [9.17, 15) is 13.6 Å². The Kier molecular flexibility index (Phi) is 6.29. The number of nitrogens with zero attached hydrogens (tertiary/aromatic N) is 3. The van der Waals surface area contributed by atoms with Crippen LogP contribution in [-0.2, 0) is 17.9 Å². The Morgan fingerprint density at radius 3 is 2.48 bits per heavy atom. The Bertz CT molecular complexity index is 858. The van der Waals surface area contributed by atoms with Crippen LogP contribution in [0.3, 0.4) is 0 Å². The summed E-state index contributed by atoms with van der Waals surface area (Å²) < 4.78 is 28.1. The smallest absolute Gasteiger partial charge is 0.283 e. The van der Waals surface area contributed by atoms with Gasteiger partial charge in [0, 0.05) is 18.2 Å². The van der Waals surface area contributed by atoms with Crippen molar-refractivity contribution in [3.63, 3.8) is 0 Å². The van der Waals surface area contributed by atoms with Gasteiger partial charge in [0.15, 0.2) is 0 Å². The van der Waals surface area contributed by atoms with E-state index in [2.05, 4.69) is 31.2 Å². The summed E-state index contributed by atoms with van der Waals surface area (Å²) in [7, 11) is 0. The van der Waals surface area contributed by atoms with Crippen molar-refractivity contribution in [2.75, 3.05) is 18.4 Å². The molecule has 0 radical (unpaired) electrons. The lowest BCUT2D eigenvalue weighted by Crippen LogP contribution is -2.29. The van der Waals surface area contributed by atoms with Gasteiger partial charge in [-0.25, -0.2) is 8.78 Å². The first kappa shape index (κ1) is 20.5. The van der Waals surface area contributed by atoms with Crippen molar-refractivity contribution in [3.8, 4) is 0 Å². The topological polar surface area (TPSA) is 50.2 Å². The van der Waals surface area contributed by atoms with Crippen LogP contribution in [0.5, 0.6) is 0 Å². The molecule has 0 spiro atoms. The molecule has 2 aromatic rings. The molecule has 2 heterocycles. The quantitative estimate of drug-likeness (QED) is 0.618. The molecule has 5 nitrogen and oxygen atoms in total. The summed E-state index contributed by atoms with van der Waals surface area (Å²) in [6, 6.07) is 7.84. The molecule has 1 aromatic carbocycles. The number of amides is 1. The lowest BCUT2D eigenvalue weighted by atomic mass is 10.1. The largest absolute Gasteiger partial charge is 0.324 e. The third kappa shape index (κ3) is 5.04. The van der Waals surface area contributed by atoms with Crippen molar-refractivity contribution in [3.05, 3.63) is 45.7 Å². The fraction of sp³-hybridized carbons (Fsp3) is 0.524. The minimum atomic E-state index is -2.67. The highest BCUT2D eigenvalue weighted by Gasteiger charge is 2.34. The maximum Gasteiger partial charge on any atom is 0.283 e. The first-order valence-electron chi connectivity index (χ1n) is 10.2. The van der Waals surface area contributed by atoms with E-state index in [0.29, 0.717) is 15.9 Å². The van der Waals surface area contributed by atoms with Crippen LogP contribution in [0.15, 0.2) is 28.7 Å². The first-order valence-corrected chi connectivity index (χ1v) is 11.0. The van der Waals surface area contributed by atoms with E-state index < -0.39 is 6.43 Å². The molecule has 0 bridgehead atoms. The number of nitrogens with one attached hydrogen (secondary N) is 1. The van der Waals surface area contributed by atoms with E-state index in [4.69, 9.17) is 0 Å². The molecule has 8 heteroatoms. The van der Waals surface area contributed by atoms with Gasteiger partial charge in [-0.15, -0.1) is 0 Å². The molecule has 29 heavy (non-hydrogen) atoms. The van der Waals surface area contributed by atoms with Gasteiger partial charge in [0.2, 0.25) is 5.91 Å². The van der Waals surface area contributed by atoms with Gasteiger partial charge >= 0.3 is 0 Å². The number of hydrogen-bond acceptors (Lipinski definition) is 3. The highest BCUT2D eigenvalue weighted by atomic mass is 79.9. The molecule has 0 atom stereocenters. The fourth-order valence-corrected chi connectivity index (χ4v) is 4.67. The van der Waals surface area contributed by atoms with Crippen molar-refractivity contribution in [2.24, 2.45) is 0 Å². The van der Waals surface area contributed by atoms with Gasteiger partial charge in [0.25, 0.3) is 6.43 Å². The molecule has 2 aliphatic rings. The average molecular weight is 467 g/mol. The van der Waals surface area contributed by atoms with Crippen LogP contribution in [-0.4, -0.2) is 33.7 Å². The maximum atomic E-state index is 13.2. The normalized spacial score (nSPS) is 17.7. The number of carbonyl (C=O) groups excluding carboxylic acids is 1. The van der Waals surface area contributed by atoms with Crippen LogP contribution < -0.4 is 5.32 Å². The van der Waals surface area contributed by atoms with Gasteiger partial charge in [-0.1, -0.05) is 18.6 Å². The third-order valence-corrected chi connectivity index (χ3v) is 6.33. The fourth-order valence-electron chi connectivity index (χ4n) is 3.88. The SMILES string of the molecule is O=C(Cn1nc(C(F)F)c(Br)c1C1CC1)Nc1ccc(CN2CCCCC2)cc1. The molecule has 1 saturated carbocycles. The summed E-state index contributed by atoms with van der Waals surface area (Å²) in [5.41, 5.74) is 2.33. The number of halogens is 3. The number of aromatic nitrogens is 2. The molecule has 1 N–H and O–H groups in total. The monoisotopic (exact) mass is 466 g/mol. The zero-order valence-corrected chi connectivity index (χ0v) is 17.8. The molecule has 2 fully saturated rings. The second kappa shape index (κ2) is 8.92. The second-order valence-corrected chi connectivity index (χ2v) is 8.69. The number of rotatable bonds is 7. The molecule has 1 amide bonds. The van der Waals surface area contributed by atoms with E-state index in [1.807, 2.05) is 24.3 Å². The standard InChI is InChI=1S/C21H25BrF2N4O/c22-18-19(21(23)24)26-28(20(18)15-6-7-15)13-17(29)25-16-8-4-14(5-9-16)12-27-10-2-1-3-11-27/h4-5,8-9,15,21H,1-3,6-7,10-13H2,(H,25,29). The number of piperidine rings is 1. The maximum absolute atomic E-state index is 13.2. The highest BCUT2D eigenvalue weighted by Crippen LogP contribution is 2.45. The molecular formula is C21H25BrF2N4O. The van der Waals surface area contributed by atoms with Crippen LogP contribution in [0.25, 0.3) is 0 Å². The van der Waals surface area contributed by atoms with Crippen molar-refractivity contribution in [2.45, 2.75) is 57.5 Å². The lowest BCUT2D eigenvalue weighted by molar-refractivity contribution is -0.117. The number of anilines is 1. The molecular weight excluding hydrogens is 442 g/mol. The van der Waals surface area contributed by atoms with E-state index >= 15 is 0 Å². The minimum Gasteiger partial charge on any atom is -0.324 e. The summed E-state index contributed by atoms with van der Waals surface area (Å²) in [6.07, 6.45) is 3.04. The zero-order valence-electron chi connectivity index (χ0n) is 16.2. The molecule has 4 rings (SSSR count). The summed E-state index contributed by atoms with van der Waals surface area (Å²) in [6.45, 7) is 3.13. The Morgan fingerprint density at radius 2 is 1.86 bits per heavy atom. The van der Waals surface area contributed by atoms with Gasteiger partial charge in [-0.3, -0.25) is 14.4 Å². The lowest BCUT2D eigenvalue weighted by Gasteiger charge is -2.26. The van der Waals surface area contributed by atoms with Gasteiger partial charge in [0.1, 0.15) is 12.2 Å². The molecule has 1 saturated heterocycles. The highest BCUT2D eigenvalue weighted by molar-refractivity contribution is 9.10. The van der Waals surface area contributed by atoms with E-state index in [-0.39, 0.29) is 24.1 Å². The van der Waals surface area contributed by atoms with Crippen molar-refractivity contribution >= 4 is 27.5 Å². The second-order valence-electron chi connectivity index (χ2n) is 7.90. The molecule has 1 aliphatic carbocycles. The van der Waals surface area contributed by atoms with Gasteiger partial charge in [-0.05, 0) is 72.4 Å². The van der Waals surface area contributed by atoms with Crippen LogP contribution in [0.1, 0.15) is 61.4 Å². The summed E-state index contributed by atoms with van der Waals surface area (Å²) >= 11 is 3.25. The first-order chi connectivity index (χ1) is 14.0. The van der Waals surface area contributed by atoms with Gasteiger partial charge in [-0.2, -0.15) is 5.10 Å². The molecule has 1 aromatic heterocycles. The Morgan fingerprint density at radius 1 is 1.17 bits per heavy atom. The molecule has 1 aliphatic heterocycles. The van der Waals surface area contributed by atoms with Gasteiger partial charge < -0.3 is 5.32 Å². The van der Waals surface area contributed by atoms with Crippen LogP contribution in [0, 0.1) is 0 Å². The average Bonchev–Trinajstić information content (AvgIpc) is 3.48.